The van der Waals surface area contributed by atoms with Crippen molar-refractivity contribution < 1.29 is 20.1 Å². The van der Waals surface area contributed by atoms with Crippen LogP contribution in [0, 0.1) is 20.2 Å². The van der Waals surface area contributed by atoms with Crippen molar-refractivity contribution in [3.8, 4) is 11.5 Å². The molecule has 0 aliphatic carbocycles. The molecule has 2 aromatic carbocycles. The van der Waals surface area contributed by atoms with Crippen LogP contribution in [0.2, 0.25) is 0 Å². The summed E-state index contributed by atoms with van der Waals surface area (Å²) in [5, 5.41) is 37.5. The van der Waals surface area contributed by atoms with E-state index in [1.165, 1.54) is 48.5 Å². The first-order valence-electron chi connectivity index (χ1n) is 5.27. The second-order valence-corrected chi connectivity index (χ2v) is 3.55. The fourth-order valence-corrected chi connectivity index (χ4v) is 1.15. The van der Waals surface area contributed by atoms with E-state index in [9.17, 15) is 20.2 Å². The molecule has 0 aliphatic heterocycles. The molecule has 0 saturated heterocycles. The average molecular weight is 416 g/mol. The van der Waals surface area contributed by atoms with Crippen LogP contribution in [0.1, 0.15) is 0 Å². The van der Waals surface area contributed by atoms with Gasteiger partial charge in [-0.1, -0.05) is 0 Å². The molecule has 0 heterocycles. The third-order valence-electron chi connectivity index (χ3n) is 2.12. The Balaban J connectivity index is 0.000000364. The normalized spacial score (nSPS) is 8.76. The largest absolute Gasteiger partial charge is 2.00 e. The Kier molecular flexibility index (Phi) is 8.66. The van der Waals surface area contributed by atoms with Crippen molar-refractivity contribution in [3.63, 3.8) is 0 Å². The van der Waals surface area contributed by atoms with Gasteiger partial charge in [0.25, 0.3) is 11.4 Å². The van der Waals surface area contributed by atoms with Gasteiger partial charge in [0.05, 0.1) is 9.85 Å². The summed E-state index contributed by atoms with van der Waals surface area (Å²) in [5.41, 5.74) is -0.0319. The molecule has 0 bridgehead atoms. The van der Waals surface area contributed by atoms with Crippen molar-refractivity contribution in [2.45, 2.75) is 0 Å². The molecule has 2 N–H and O–H groups in total. The fraction of sp³-hybridized carbons (Fsp3) is 0. The Morgan fingerprint density at radius 3 is 1.10 bits per heavy atom. The van der Waals surface area contributed by atoms with Crippen molar-refractivity contribution in [3.05, 3.63) is 68.8 Å². The molecule has 0 unspecified atom stereocenters. The van der Waals surface area contributed by atoms with E-state index in [0.717, 1.165) is 0 Å². The minimum atomic E-state index is -0.514. The number of hydrogen-bond acceptors (Lipinski definition) is 6. The molecule has 104 valence electrons. The number of nitrogens with zero attached hydrogens (tertiary/aromatic N) is 2. The molecule has 8 nitrogen and oxygen atoms in total. The van der Waals surface area contributed by atoms with Crippen LogP contribution in [0.4, 0.5) is 11.4 Å². The first kappa shape index (κ1) is 19.4. The van der Waals surface area contributed by atoms with Gasteiger partial charge in [-0.2, -0.15) is 0 Å². The first-order valence-corrected chi connectivity index (χ1v) is 5.27. The number of aromatic hydroxyl groups is 2. The smallest absolute Gasteiger partial charge is 0.508 e. The third kappa shape index (κ3) is 7.11. The molecular weight excluding hydrogens is 405 g/mol. The summed E-state index contributed by atoms with van der Waals surface area (Å²) in [6.45, 7) is 0. The van der Waals surface area contributed by atoms with Gasteiger partial charge < -0.3 is 10.2 Å². The van der Waals surface area contributed by atoms with Gasteiger partial charge in [-0.3, -0.25) is 20.2 Å². The summed E-state index contributed by atoms with van der Waals surface area (Å²) in [6.07, 6.45) is 0. The third-order valence-corrected chi connectivity index (χ3v) is 2.12. The molecule has 0 spiro atoms. The molecule has 2 aromatic rings. The van der Waals surface area contributed by atoms with E-state index >= 15 is 0 Å². The topological polar surface area (TPSA) is 127 Å². The van der Waals surface area contributed by atoms with E-state index in [1.54, 1.807) is 0 Å². The molecule has 21 heavy (non-hydrogen) atoms. The van der Waals surface area contributed by atoms with Crippen LogP contribution >= 0.6 is 0 Å². The SMILES string of the molecule is O=[N+]([O-])c1ccc(O)cc1.O=[N+]([O-])c1ccc(O)cc1.[Ba+2]. The van der Waals surface area contributed by atoms with E-state index in [2.05, 4.69) is 0 Å². The Morgan fingerprint density at radius 2 is 0.905 bits per heavy atom. The average Bonchev–Trinajstić information content (AvgIpc) is 2.40. The van der Waals surface area contributed by atoms with Gasteiger partial charge in [0, 0.05) is 24.3 Å². The first-order chi connectivity index (χ1) is 9.40. The maximum absolute atomic E-state index is 10.0. The van der Waals surface area contributed by atoms with Crippen LogP contribution in [0.3, 0.4) is 0 Å². The minimum Gasteiger partial charge on any atom is -0.508 e. The Morgan fingerprint density at radius 1 is 0.667 bits per heavy atom. The Hall–Kier alpha value is -1.59. The number of rotatable bonds is 2. The van der Waals surface area contributed by atoms with Crippen molar-refractivity contribution in [1.82, 2.24) is 0 Å². The van der Waals surface area contributed by atoms with Crippen LogP contribution in [0.25, 0.3) is 0 Å². The van der Waals surface area contributed by atoms with Gasteiger partial charge in [0.15, 0.2) is 0 Å². The summed E-state index contributed by atoms with van der Waals surface area (Å²) in [5.74, 6) is 0.0659. The molecule has 2 rings (SSSR count). The maximum Gasteiger partial charge on any atom is 2.00 e. The standard InChI is InChI=1S/2C6H5NO3.Ba/c2*8-6-3-1-5(2-4-6)7(9)10;/h2*1-4,8H;/q;;+2. The molecular formula is C12H10BaN2O6+2. The van der Waals surface area contributed by atoms with Crippen molar-refractivity contribution in [1.29, 1.82) is 0 Å². The van der Waals surface area contributed by atoms with Crippen LogP contribution in [-0.4, -0.2) is 68.9 Å². The molecule has 0 atom stereocenters. The van der Waals surface area contributed by atoms with Gasteiger partial charge in [0.1, 0.15) is 11.5 Å². The van der Waals surface area contributed by atoms with Crippen molar-refractivity contribution in [2.24, 2.45) is 0 Å². The van der Waals surface area contributed by atoms with Crippen LogP contribution < -0.4 is 0 Å². The number of benzene rings is 2. The molecule has 0 amide bonds. The molecule has 0 aliphatic rings. The van der Waals surface area contributed by atoms with Crippen LogP contribution in [0.5, 0.6) is 11.5 Å². The number of hydrogen-bond donors (Lipinski definition) is 2. The second kappa shape index (κ2) is 9.37. The van der Waals surface area contributed by atoms with Crippen molar-refractivity contribution in [2.75, 3.05) is 0 Å². The maximum atomic E-state index is 10.0. The van der Waals surface area contributed by atoms with Gasteiger partial charge in [-0.15, -0.1) is 0 Å². The molecule has 9 heteroatoms. The molecule has 0 aromatic heterocycles. The summed E-state index contributed by atoms with van der Waals surface area (Å²) < 4.78 is 0. The summed E-state index contributed by atoms with van der Waals surface area (Å²) in [6, 6.07) is 10.1. The minimum absolute atomic E-state index is 0. The van der Waals surface area contributed by atoms with Gasteiger partial charge in [0.2, 0.25) is 0 Å². The number of nitro benzene ring substituents is 2. The predicted octanol–water partition coefficient (Wildman–Crippen LogP) is 2.22. The van der Waals surface area contributed by atoms with E-state index in [0.29, 0.717) is 0 Å². The van der Waals surface area contributed by atoms with E-state index in [-0.39, 0.29) is 71.8 Å². The van der Waals surface area contributed by atoms with Crippen LogP contribution in [-0.2, 0) is 0 Å². The number of phenols is 2. The monoisotopic (exact) mass is 416 g/mol. The zero-order chi connectivity index (χ0) is 15.1. The summed E-state index contributed by atoms with van der Waals surface area (Å²) >= 11 is 0. The zero-order valence-corrected chi connectivity index (χ0v) is 15.2. The van der Waals surface area contributed by atoms with E-state index in [1.807, 2.05) is 0 Å². The predicted molar refractivity (Wildman–Crippen MR) is 75.3 cm³/mol. The number of phenolic OH excluding ortho intramolecular Hbond substituents is 2. The molecule has 0 saturated carbocycles. The summed E-state index contributed by atoms with van der Waals surface area (Å²) in [7, 11) is 0. The van der Waals surface area contributed by atoms with Gasteiger partial charge in [-0.25, -0.2) is 0 Å². The second-order valence-electron chi connectivity index (χ2n) is 3.55. The number of nitro groups is 2. The van der Waals surface area contributed by atoms with Crippen molar-refractivity contribution >= 4 is 60.3 Å². The molecule has 0 fully saturated rings. The van der Waals surface area contributed by atoms with E-state index < -0.39 is 9.85 Å². The summed E-state index contributed by atoms with van der Waals surface area (Å²) in [4.78, 5) is 19.0. The zero-order valence-electron chi connectivity index (χ0n) is 10.7. The Bertz CT molecular complexity index is 545. The molecule has 0 radical (unpaired) electrons. The van der Waals surface area contributed by atoms with Crippen LogP contribution in [0.15, 0.2) is 48.5 Å². The Labute approximate surface area is 159 Å². The van der Waals surface area contributed by atoms with Gasteiger partial charge in [-0.05, 0) is 24.3 Å². The number of non-ortho nitro benzene ring substituents is 2. The fourth-order valence-electron chi connectivity index (χ4n) is 1.15. The quantitative estimate of drug-likeness (QED) is 0.440. The van der Waals surface area contributed by atoms with E-state index in [4.69, 9.17) is 10.2 Å². The van der Waals surface area contributed by atoms with Gasteiger partial charge >= 0.3 is 48.9 Å².